The number of para-hydroxylation sites is 1. The standard InChI is InChI=1S/C19H24N2O4S/c1-15-8-10-18(11-9-15)26(24,25)21(17-6-4-3-5-7-17)13-12-19(23)20-16(2)14-22/h3-11,16,22H,12-14H2,1-2H3,(H,20,23). The molecule has 1 amide bonds. The number of hydrogen-bond donors (Lipinski definition) is 2. The van der Waals surface area contributed by atoms with Crippen molar-refractivity contribution >= 4 is 21.6 Å². The first-order chi connectivity index (χ1) is 12.3. The first-order valence-electron chi connectivity index (χ1n) is 8.39. The summed E-state index contributed by atoms with van der Waals surface area (Å²) in [4.78, 5) is 12.2. The van der Waals surface area contributed by atoms with E-state index < -0.39 is 10.0 Å². The van der Waals surface area contributed by atoms with E-state index in [1.54, 1.807) is 61.5 Å². The number of aryl methyl sites for hydroxylation is 1. The fourth-order valence-corrected chi connectivity index (χ4v) is 3.88. The Balaban J connectivity index is 2.27. The van der Waals surface area contributed by atoms with Gasteiger partial charge in [0.15, 0.2) is 0 Å². The highest BCUT2D eigenvalue weighted by atomic mass is 32.2. The minimum atomic E-state index is -3.80. The molecule has 0 saturated heterocycles. The quantitative estimate of drug-likeness (QED) is 0.738. The van der Waals surface area contributed by atoms with E-state index >= 15 is 0 Å². The van der Waals surface area contributed by atoms with Gasteiger partial charge in [0.2, 0.25) is 5.91 Å². The Labute approximate surface area is 154 Å². The van der Waals surface area contributed by atoms with E-state index in [0.717, 1.165) is 5.56 Å². The van der Waals surface area contributed by atoms with Crippen molar-refractivity contribution in [1.29, 1.82) is 0 Å². The third kappa shape index (κ3) is 5.06. The largest absolute Gasteiger partial charge is 0.394 e. The average Bonchev–Trinajstić information content (AvgIpc) is 2.62. The zero-order valence-electron chi connectivity index (χ0n) is 14.9. The molecule has 0 aliphatic heterocycles. The molecule has 26 heavy (non-hydrogen) atoms. The van der Waals surface area contributed by atoms with Crippen LogP contribution in [-0.4, -0.2) is 38.6 Å². The third-order valence-electron chi connectivity index (χ3n) is 3.88. The van der Waals surface area contributed by atoms with Crippen molar-refractivity contribution in [2.24, 2.45) is 0 Å². The van der Waals surface area contributed by atoms with Crippen molar-refractivity contribution < 1.29 is 18.3 Å². The summed E-state index contributed by atoms with van der Waals surface area (Å²) in [6.45, 7) is 3.40. The molecule has 6 nitrogen and oxygen atoms in total. The Morgan fingerprint density at radius 3 is 2.31 bits per heavy atom. The lowest BCUT2D eigenvalue weighted by molar-refractivity contribution is -0.121. The summed E-state index contributed by atoms with van der Waals surface area (Å²) < 4.78 is 27.4. The van der Waals surface area contributed by atoms with Gasteiger partial charge in [0.05, 0.1) is 17.2 Å². The predicted molar refractivity (Wildman–Crippen MR) is 101 cm³/mol. The van der Waals surface area contributed by atoms with E-state index in [1.165, 1.54) is 4.31 Å². The highest BCUT2D eigenvalue weighted by Gasteiger charge is 2.25. The normalized spacial score (nSPS) is 12.4. The second-order valence-electron chi connectivity index (χ2n) is 6.13. The number of carbonyl (C=O) groups is 1. The lowest BCUT2D eigenvalue weighted by Crippen LogP contribution is -2.39. The second-order valence-corrected chi connectivity index (χ2v) is 7.99. The summed E-state index contributed by atoms with van der Waals surface area (Å²) in [5.74, 6) is -0.313. The molecule has 0 aliphatic rings. The van der Waals surface area contributed by atoms with Crippen molar-refractivity contribution in [3.8, 4) is 0 Å². The molecule has 0 radical (unpaired) electrons. The van der Waals surface area contributed by atoms with Crippen LogP contribution in [0.25, 0.3) is 0 Å². The summed E-state index contributed by atoms with van der Waals surface area (Å²) in [5, 5.41) is 11.6. The van der Waals surface area contributed by atoms with Gasteiger partial charge in [0.1, 0.15) is 0 Å². The van der Waals surface area contributed by atoms with Crippen LogP contribution < -0.4 is 9.62 Å². The van der Waals surface area contributed by atoms with Gasteiger partial charge in [-0.2, -0.15) is 0 Å². The van der Waals surface area contributed by atoms with Gasteiger partial charge >= 0.3 is 0 Å². The number of anilines is 1. The Bertz CT molecular complexity index is 820. The number of aliphatic hydroxyl groups is 1. The molecule has 7 heteroatoms. The molecule has 0 aliphatic carbocycles. The van der Waals surface area contributed by atoms with E-state index in [9.17, 15) is 13.2 Å². The molecule has 0 aromatic heterocycles. The SMILES string of the molecule is Cc1ccc(S(=O)(=O)N(CCC(=O)NC(C)CO)c2ccccc2)cc1. The maximum atomic E-state index is 13.1. The number of aliphatic hydroxyl groups excluding tert-OH is 1. The van der Waals surface area contributed by atoms with Gasteiger partial charge in [0, 0.05) is 19.0 Å². The number of hydrogen-bond acceptors (Lipinski definition) is 4. The lowest BCUT2D eigenvalue weighted by Gasteiger charge is -2.24. The van der Waals surface area contributed by atoms with Gasteiger partial charge in [-0.05, 0) is 38.1 Å². The van der Waals surface area contributed by atoms with Gasteiger partial charge in [-0.25, -0.2) is 8.42 Å². The monoisotopic (exact) mass is 376 g/mol. The number of carbonyl (C=O) groups excluding carboxylic acids is 1. The van der Waals surface area contributed by atoms with Crippen LogP contribution in [0, 0.1) is 6.92 Å². The molecular formula is C19H24N2O4S. The Morgan fingerprint density at radius 1 is 1.12 bits per heavy atom. The fraction of sp³-hybridized carbons (Fsp3) is 0.316. The number of amides is 1. The van der Waals surface area contributed by atoms with E-state index in [0.29, 0.717) is 5.69 Å². The van der Waals surface area contributed by atoms with Gasteiger partial charge in [-0.3, -0.25) is 9.10 Å². The van der Waals surface area contributed by atoms with Gasteiger partial charge in [0.25, 0.3) is 10.0 Å². The second kappa shape index (κ2) is 8.82. The molecule has 2 aromatic carbocycles. The van der Waals surface area contributed by atoms with E-state index in [4.69, 9.17) is 5.11 Å². The summed E-state index contributed by atoms with van der Waals surface area (Å²) in [5.41, 5.74) is 1.46. The van der Waals surface area contributed by atoms with E-state index in [2.05, 4.69) is 5.32 Å². The maximum Gasteiger partial charge on any atom is 0.264 e. The fourth-order valence-electron chi connectivity index (χ4n) is 2.42. The van der Waals surface area contributed by atoms with Gasteiger partial charge in [-0.1, -0.05) is 35.9 Å². The minimum Gasteiger partial charge on any atom is -0.394 e. The molecule has 0 bridgehead atoms. The van der Waals surface area contributed by atoms with Crippen molar-refractivity contribution in [3.63, 3.8) is 0 Å². The first kappa shape index (κ1) is 19.9. The summed E-state index contributed by atoms with van der Waals surface area (Å²) in [7, 11) is -3.80. The molecule has 2 rings (SSSR count). The molecular weight excluding hydrogens is 352 g/mol. The zero-order chi connectivity index (χ0) is 19.2. The predicted octanol–water partition coefficient (Wildman–Crippen LogP) is 2.08. The average molecular weight is 376 g/mol. The van der Waals surface area contributed by atoms with Gasteiger partial charge < -0.3 is 10.4 Å². The maximum absolute atomic E-state index is 13.1. The van der Waals surface area contributed by atoms with Crippen LogP contribution >= 0.6 is 0 Å². The number of nitrogens with zero attached hydrogens (tertiary/aromatic N) is 1. The molecule has 0 saturated carbocycles. The van der Waals surface area contributed by atoms with E-state index in [-0.39, 0.29) is 36.4 Å². The van der Waals surface area contributed by atoms with Crippen LogP contribution in [0.4, 0.5) is 5.69 Å². The van der Waals surface area contributed by atoms with Crippen molar-refractivity contribution in [2.75, 3.05) is 17.5 Å². The summed E-state index contributed by atoms with van der Waals surface area (Å²) >= 11 is 0. The smallest absolute Gasteiger partial charge is 0.264 e. The Hall–Kier alpha value is -2.38. The number of rotatable bonds is 8. The van der Waals surface area contributed by atoms with Crippen LogP contribution in [0.1, 0.15) is 18.9 Å². The van der Waals surface area contributed by atoms with Crippen LogP contribution in [0.2, 0.25) is 0 Å². The lowest BCUT2D eigenvalue weighted by atomic mass is 10.2. The molecule has 2 aromatic rings. The third-order valence-corrected chi connectivity index (χ3v) is 5.72. The van der Waals surface area contributed by atoms with Crippen molar-refractivity contribution in [1.82, 2.24) is 5.32 Å². The first-order valence-corrected chi connectivity index (χ1v) is 9.83. The minimum absolute atomic E-state index is 0.00417. The Morgan fingerprint density at radius 2 is 1.73 bits per heavy atom. The van der Waals surface area contributed by atoms with Crippen molar-refractivity contribution in [3.05, 3.63) is 60.2 Å². The molecule has 0 fully saturated rings. The Kier molecular flexibility index (Phi) is 6.76. The molecule has 140 valence electrons. The molecule has 1 atom stereocenters. The number of benzene rings is 2. The van der Waals surface area contributed by atoms with Gasteiger partial charge in [-0.15, -0.1) is 0 Å². The molecule has 0 spiro atoms. The molecule has 1 unspecified atom stereocenters. The van der Waals surface area contributed by atoms with Crippen LogP contribution in [0.5, 0.6) is 0 Å². The number of sulfonamides is 1. The highest BCUT2D eigenvalue weighted by molar-refractivity contribution is 7.92. The van der Waals surface area contributed by atoms with Crippen LogP contribution in [0.3, 0.4) is 0 Å². The van der Waals surface area contributed by atoms with Crippen molar-refractivity contribution in [2.45, 2.75) is 31.2 Å². The molecule has 2 N–H and O–H groups in total. The van der Waals surface area contributed by atoms with Crippen LogP contribution in [-0.2, 0) is 14.8 Å². The van der Waals surface area contributed by atoms with Crippen LogP contribution in [0.15, 0.2) is 59.5 Å². The molecule has 0 heterocycles. The number of nitrogens with one attached hydrogen (secondary N) is 1. The topological polar surface area (TPSA) is 86.7 Å². The van der Waals surface area contributed by atoms with E-state index in [1.807, 2.05) is 6.92 Å². The summed E-state index contributed by atoms with van der Waals surface area (Å²) in [6.07, 6.45) is -0.00960. The highest BCUT2D eigenvalue weighted by Crippen LogP contribution is 2.24. The summed E-state index contributed by atoms with van der Waals surface area (Å²) in [6, 6.07) is 14.9. The zero-order valence-corrected chi connectivity index (χ0v) is 15.7.